The van der Waals surface area contributed by atoms with Crippen LogP contribution in [0.4, 0.5) is 0 Å². The summed E-state index contributed by atoms with van der Waals surface area (Å²) < 4.78 is 1.09. The fraction of sp³-hybridized carbons (Fsp3) is 0.294. The predicted octanol–water partition coefficient (Wildman–Crippen LogP) is 5.26. The van der Waals surface area contributed by atoms with Gasteiger partial charge in [0, 0.05) is 3.57 Å². The van der Waals surface area contributed by atoms with Crippen LogP contribution < -0.4 is 5.32 Å². The molecule has 2 rings (SSSR count). The fourth-order valence-corrected chi connectivity index (χ4v) is 2.79. The average molecular weight is 400 g/mol. The zero-order valence-electron chi connectivity index (χ0n) is 12.0. The van der Waals surface area contributed by atoms with E-state index in [1.54, 1.807) is 0 Å². The molecule has 0 amide bonds. The van der Waals surface area contributed by atoms with E-state index in [0.717, 1.165) is 15.1 Å². The number of hydrogen-bond acceptors (Lipinski definition) is 1. The molecule has 0 aliphatic carbocycles. The van der Waals surface area contributed by atoms with Crippen LogP contribution >= 0.6 is 34.2 Å². The largest absolute Gasteiger partial charge is 0.307 e. The number of aryl methyl sites for hydroxylation is 2. The van der Waals surface area contributed by atoms with E-state index in [-0.39, 0.29) is 6.04 Å². The maximum Gasteiger partial charge on any atom is 0.0577 e. The van der Waals surface area contributed by atoms with Gasteiger partial charge in [-0.25, -0.2) is 0 Å². The summed E-state index contributed by atoms with van der Waals surface area (Å²) in [6, 6.07) is 13.1. The van der Waals surface area contributed by atoms with Gasteiger partial charge in [-0.2, -0.15) is 0 Å². The molecule has 20 heavy (non-hydrogen) atoms. The second-order valence-corrected chi connectivity index (χ2v) is 6.58. The minimum Gasteiger partial charge on any atom is -0.307 e. The first kappa shape index (κ1) is 15.8. The summed E-state index contributed by atoms with van der Waals surface area (Å²) in [6.07, 6.45) is 0. The summed E-state index contributed by atoms with van der Waals surface area (Å²) in [7, 11) is 0. The summed E-state index contributed by atoms with van der Waals surface area (Å²) in [4.78, 5) is 0. The van der Waals surface area contributed by atoms with Gasteiger partial charge in [0.1, 0.15) is 0 Å². The molecule has 0 aliphatic heterocycles. The first-order valence-corrected chi connectivity index (χ1v) is 8.24. The zero-order valence-corrected chi connectivity index (χ0v) is 14.9. The third-order valence-corrected chi connectivity index (χ3v) is 5.12. The predicted molar refractivity (Wildman–Crippen MR) is 95.6 cm³/mol. The Balaban J connectivity index is 2.44. The Morgan fingerprint density at radius 1 is 1.05 bits per heavy atom. The van der Waals surface area contributed by atoms with Gasteiger partial charge >= 0.3 is 0 Å². The van der Waals surface area contributed by atoms with Gasteiger partial charge in [0.25, 0.3) is 0 Å². The highest BCUT2D eigenvalue weighted by Crippen LogP contribution is 2.28. The molecule has 0 aromatic heterocycles. The third-order valence-electron chi connectivity index (χ3n) is 3.55. The van der Waals surface area contributed by atoms with Crippen LogP contribution in [0.2, 0.25) is 5.02 Å². The van der Waals surface area contributed by atoms with Crippen molar-refractivity contribution in [1.82, 2.24) is 5.32 Å². The van der Waals surface area contributed by atoms with E-state index in [2.05, 4.69) is 85.1 Å². The van der Waals surface area contributed by atoms with E-state index in [1.807, 2.05) is 0 Å². The van der Waals surface area contributed by atoms with Crippen molar-refractivity contribution >= 4 is 34.2 Å². The highest BCUT2D eigenvalue weighted by Gasteiger charge is 2.14. The van der Waals surface area contributed by atoms with Crippen LogP contribution in [0.1, 0.15) is 35.2 Å². The van der Waals surface area contributed by atoms with Crippen LogP contribution in [0.25, 0.3) is 0 Å². The monoisotopic (exact) mass is 399 g/mol. The van der Waals surface area contributed by atoms with E-state index in [9.17, 15) is 0 Å². The number of hydrogen-bond donors (Lipinski definition) is 1. The topological polar surface area (TPSA) is 12.0 Å². The first-order chi connectivity index (χ1) is 9.52. The van der Waals surface area contributed by atoms with Crippen molar-refractivity contribution in [1.29, 1.82) is 0 Å². The molecular formula is C17H19ClIN. The van der Waals surface area contributed by atoms with Crippen LogP contribution in [0.3, 0.4) is 0 Å². The van der Waals surface area contributed by atoms with Crippen molar-refractivity contribution in [2.75, 3.05) is 6.54 Å². The normalized spacial score (nSPS) is 12.4. The van der Waals surface area contributed by atoms with Crippen molar-refractivity contribution < 1.29 is 0 Å². The van der Waals surface area contributed by atoms with Gasteiger partial charge in [0.2, 0.25) is 0 Å². The molecule has 0 radical (unpaired) electrons. The zero-order chi connectivity index (χ0) is 14.7. The maximum atomic E-state index is 6.27. The minimum atomic E-state index is 0.189. The number of nitrogens with one attached hydrogen (secondary N) is 1. The Kier molecular flexibility index (Phi) is 5.47. The summed E-state index contributed by atoms with van der Waals surface area (Å²) in [5, 5.41) is 4.36. The van der Waals surface area contributed by atoms with Gasteiger partial charge in [0.05, 0.1) is 11.1 Å². The summed E-state index contributed by atoms with van der Waals surface area (Å²) in [5.41, 5.74) is 5.14. The molecule has 0 bridgehead atoms. The number of halogens is 2. The molecule has 1 unspecified atom stereocenters. The van der Waals surface area contributed by atoms with Crippen molar-refractivity contribution in [2.24, 2.45) is 0 Å². The molecule has 0 heterocycles. The molecule has 106 valence electrons. The lowest BCUT2D eigenvalue weighted by atomic mass is 9.95. The molecule has 1 nitrogen and oxygen atoms in total. The molecule has 2 aromatic carbocycles. The van der Waals surface area contributed by atoms with Gasteiger partial charge in [-0.15, -0.1) is 0 Å². The van der Waals surface area contributed by atoms with Crippen molar-refractivity contribution in [3.8, 4) is 0 Å². The van der Waals surface area contributed by atoms with Crippen molar-refractivity contribution in [3.63, 3.8) is 0 Å². The van der Waals surface area contributed by atoms with Crippen molar-refractivity contribution in [2.45, 2.75) is 26.8 Å². The lowest BCUT2D eigenvalue weighted by Gasteiger charge is -2.20. The SMILES string of the molecule is CCNC(c1ccc(C)c(C)c1)c1ccc(I)c(Cl)c1. The van der Waals surface area contributed by atoms with Crippen LogP contribution in [-0.4, -0.2) is 6.54 Å². The van der Waals surface area contributed by atoms with Crippen LogP contribution in [0, 0.1) is 17.4 Å². The molecule has 1 atom stereocenters. The molecule has 2 aromatic rings. The smallest absolute Gasteiger partial charge is 0.0577 e. The van der Waals surface area contributed by atoms with Gasteiger partial charge < -0.3 is 5.32 Å². The Morgan fingerprint density at radius 3 is 2.30 bits per heavy atom. The molecule has 3 heteroatoms. The number of rotatable bonds is 4. The lowest BCUT2D eigenvalue weighted by Crippen LogP contribution is -2.22. The van der Waals surface area contributed by atoms with Gasteiger partial charge in [-0.1, -0.05) is 42.8 Å². The number of benzene rings is 2. The molecular weight excluding hydrogens is 381 g/mol. The lowest BCUT2D eigenvalue weighted by molar-refractivity contribution is 0.630. The Labute approximate surface area is 139 Å². The quantitative estimate of drug-likeness (QED) is 0.692. The van der Waals surface area contributed by atoms with E-state index < -0.39 is 0 Å². The minimum absolute atomic E-state index is 0.189. The second kappa shape index (κ2) is 6.92. The fourth-order valence-electron chi connectivity index (χ4n) is 2.27. The van der Waals surface area contributed by atoms with E-state index in [0.29, 0.717) is 0 Å². The highest BCUT2D eigenvalue weighted by atomic mass is 127. The first-order valence-electron chi connectivity index (χ1n) is 6.78. The summed E-state index contributed by atoms with van der Waals surface area (Å²) in [5.74, 6) is 0. The van der Waals surface area contributed by atoms with E-state index in [4.69, 9.17) is 11.6 Å². The molecule has 0 saturated heterocycles. The maximum absolute atomic E-state index is 6.27. The van der Waals surface area contributed by atoms with Crippen molar-refractivity contribution in [3.05, 3.63) is 67.2 Å². The Morgan fingerprint density at radius 2 is 1.70 bits per heavy atom. The van der Waals surface area contributed by atoms with Gasteiger partial charge in [-0.05, 0) is 77.4 Å². The molecule has 0 saturated carbocycles. The second-order valence-electron chi connectivity index (χ2n) is 5.01. The van der Waals surface area contributed by atoms with Crippen LogP contribution in [-0.2, 0) is 0 Å². The summed E-state index contributed by atoms with van der Waals surface area (Å²) >= 11 is 8.52. The Bertz CT molecular complexity index is 558. The highest BCUT2D eigenvalue weighted by molar-refractivity contribution is 14.1. The summed E-state index contributed by atoms with van der Waals surface area (Å²) in [6.45, 7) is 7.34. The van der Waals surface area contributed by atoms with Gasteiger partial charge in [0.15, 0.2) is 0 Å². The van der Waals surface area contributed by atoms with E-state index in [1.165, 1.54) is 22.3 Å². The average Bonchev–Trinajstić information content (AvgIpc) is 2.43. The van der Waals surface area contributed by atoms with Gasteiger partial charge in [-0.3, -0.25) is 0 Å². The Hall–Kier alpha value is -0.580. The van der Waals surface area contributed by atoms with Crippen LogP contribution in [0.15, 0.2) is 36.4 Å². The van der Waals surface area contributed by atoms with E-state index >= 15 is 0 Å². The van der Waals surface area contributed by atoms with Crippen LogP contribution in [0.5, 0.6) is 0 Å². The molecule has 0 aliphatic rings. The molecule has 0 spiro atoms. The standard InChI is InChI=1S/C17H19ClIN/c1-4-20-17(13-6-5-11(2)12(3)9-13)14-7-8-16(19)15(18)10-14/h5-10,17,20H,4H2,1-3H3. The third kappa shape index (κ3) is 3.54. The molecule has 0 fully saturated rings. The molecule has 1 N–H and O–H groups in total.